The Morgan fingerprint density at radius 3 is 1.91 bits per heavy atom. The fourth-order valence-corrected chi connectivity index (χ4v) is 3.70. The lowest BCUT2D eigenvalue weighted by atomic mass is 10.0. The molecule has 1 aliphatic heterocycles. The Labute approximate surface area is 193 Å². The number of benzene rings is 2. The van der Waals surface area contributed by atoms with Gasteiger partial charge in [-0.1, -0.05) is 48.5 Å². The van der Waals surface area contributed by atoms with Gasteiger partial charge in [0, 0.05) is 44.2 Å². The van der Waals surface area contributed by atoms with Gasteiger partial charge in [0.25, 0.3) is 5.91 Å². The summed E-state index contributed by atoms with van der Waals surface area (Å²) in [6, 6.07) is 17.4. The minimum Gasteiger partial charge on any atom is -0.346 e. The monoisotopic (exact) mass is 450 g/mol. The van der Waals surface area contributed by atoms with E-state index in [2.05, 4.69) is 10.6 Å². The number of carbonyl (C=O) groups excluding carboxylic acids is 4. The summed E-state index contributed by atoms with van der Waals surface area (Å²) in [5, 5.41) is 5.48. The van der Waals surface area contributed by atoms with Crippen molar-refractivity contribution in [1.82, 2.24) is 20.4 Å². The Kier molecular flexibility index (Phi) is 8.18. The average Bonchev–Trinajstić information content (AvgIpc) is 2.83. The number of hydrogen-bond acceptors (Lipinski definition) is 4. The second-order valence-corrected chi connectivity index (χ2v) is 8.33. The van der Waals surface area contributed by atoms with E-state index in [0.29, 0.717) is 25.1 Å². The maximum atomic E-state index is 13.4. The van der Waals surface area contributed by atoms with Crippen molar-refractivity contribution in [3.63, 3.8) is 0 Å². The van der Waals surface area contributed by atoms with Crippen LogP contribution in [0.3, 0.4) is 0 Å². The highest BCUT2D eigenvalue weighted by molar-refractivity contribution is 6.35. The van der Waals surface area contributed by atoms with Gasteiger partial charge in [-0.2, -0.15) is 0 Å². The Bertz CT molecular complexity index is 970. The molecule has 0 aliphatic carbocycles. The topological polar surface area (TPSA) is 98.8 Å². The molecule has 0 bridgehead atoms. The van der Waals surface area contributed by atoms with Crippen molar-refractivity contribution < 1.29 is 19.2 Å². The lowest BCUT2D eigenvalue weighted by Gasteiger charge is -2.36. The van der Waals surface area contributed by atoms with Crippen LogP contribution in [0.5, 0.6) is 0 Å². The maximum Gasteiger partial charge on any atom is 0.312 e. The molecule has 1 aliphatic rings. The quantitative estimate of drug-likeness (QED) is 0.647. The third kappa shape index (κ3) is 6.65. The highest BCUT2D eigenvalue weighted by atomic mass is 16.2. The summed E-state index contributed by atoms with van der Waals surface area (Å²) in [5.41, 5.74) is 1.42. The van der Waals surface area contributed by atoms with Crippen LogP contribution in [-0.4, -0.2) is 71.7 Å². The smallest absolute Gasteiger partial charge is 0.312 e. The molecule has 0 spiro atoms. The van der Waals surface area contributed by atoms with Gasteiger partial charge in [-0.25, -0.2) is 0 Å². The van der Waals surface area contributed by atoms with E-state index in [0.717, 1.165) is 5.56 Å². The van der Waals surface area contributed by atoms with Crippen LogP contribution in [0, 0.1) is 0 Å². The van der Waals surface area contributed by atoms with Crippen LogP contribution in [0.25, 0.3) is 0 Å². The van der Waals surface area contributed by atoms with Crippen LogP contribution in [0.15, 0.2) is 60.7 Å². The summed E-state index contributed by atoms with van der Waals surface area (Å²) in [7, 11) is 0. The molecule has 2 aromatic carbocycles. The molecule has 3 rings (SSSR count). The maximum absolute atomic E-state index is 13.4. The summed E-state index contributed by atoms with van der Waals surface area (Å²) in [6.07, 6.45) is 0.355. The molecule has 1 unspecified atom stereocenters. The van der Waals surface area contributed by atoms with Crippen molar-refractivity contribution in [2.24, 2.45) is 0 Å². The first-order chi connectivity index (χ1) is 15.8. The van der Waals surface area contributed by atoms with E-state index in [9.17, 15) is 19.2 Å². The third-order valence-electron chi connectivity index (χ3n) is 5.41. The first kappa shape index (κ1) is 24.0. The molecule has 1 atom stereocenters. The lowest BCUT2D eigenvalue weighted by molar-refractivity contribution is -0.148. The molecule has 8 heteroatoms. The van der Waals surface area contributed by atoms with E-state index in [4.69, 9.17) is 0 Å². The highest BCUT2D eigenvalue weighted by Crippen LogP contribution is 2.11. The first-order valence-electron chi connectivity index (χ1n) is 11.1. The number of amides is 4. The molecule has 0 saturated carbocycles. The number of piperazine rings is 1. The van der Waals surface area contributed by atoms with Gasteiger partial charge >= 0.3 is 11.8 Å². The molecule has 0 aromatic heterocycles. The summed E-state index contributed by atoms with van der Waals surface area (Å²) in [4.78, 5) is 53.6. The van der Waals surface area contributed by atoms with Gasteiger partial charge in [0.05, 0.1) is 0 Å². The Balaban J connectivity index is 1.66. The Morgan fingerprint density at radius 2 is 1.33 bits per heavy atom. The van der Waals surface area contributed by atoms with Crippen LogP contribution in [-0.2, 0) is 20.8 Å². The predicted molar refractivity (Wildman–Crippen MR) is 124 cm³/mol. The van der Waals surface area contributed by atoms with E-state index < -0.39 is 17.9 Å². The molecule has 4 amide bonds. The molecule has 8 nitrogen and oxygen atoms in total. The molecular formula is C25H30N4O4. The predicted octanol–water partition coefficient (Wildman–Crippen LogP) is 1.22. The molecule has 0 radical (unpaired) electrons. The fourth-order valence-electron chi connectivity index (χ4n) is 3.70. The highest BCUT2D eigenvalue weighted by Gasteiger charge is 2.32. The molecule has 33 heavy (non-hydrogen) atoms. The molecule has 174 valence electrons. The van der Waals surface area contributed by atoms with Gasteiger partial charge < -0.3 is 20.4 Å². The van der Waals surface area contributed by atoms with Crippen LogP contribution in [0.2, 0.25) is 0 Å². The molecule has 1 fully saturated rings. The third-order valence-corrected chi connectivity index (χ3v) is 5.41. The zero-order chi connectivity index (χ0) is 23.8. The number of carbonyl (C=O) groups is 4. The molecule has 1 heterocycles. The van der Waals surface area contributed by atoms with Gasteiger partial charge in [0.2, 0.25) is 5.91 Å². The van der Waals surface area contributed by atoms with Gasteiger partial charge in [0.1, 0.15) is 6.04 Å². The van der Waals surface area contributed by atoms with Crippen molar-refractivity contribution in [1.29, 1.82) is 0 Å². The average molecular weight is 451 g/mol. The molecular weight excluding hydrogens is 420 g/mol. The summed E-state index contributed by atoms with van der Waals surface area (Å²) in [6.45, 7) is 4.70. The van der Waals surface area contributed by atoms with E-state index in [1.54, 1.807) is 43.0 Å². The minimum absolute atomic E-state index is 0.128. The van der Waals surface area contributed by atoms with E-state index in [-0.39, 0.29) is 30.9 Å². The second kappa shape index (κ2) is 11.3. The zero-order valence-corrected chi connectivity index (χ0v) is 19.0. The van der Waals surface area contributed by atoms with Crippen LogP contribution >= 0.6 is 0 Å². The largest absolute Gasteiger partial charge is 0.346 e. The standard InChI is InChI=1S/C25H30N4O4/c1-18(2)26-23(31)25(33)29-15-13-28(14-16-29)24(32)21(17-19-9-5-3-6-10-19)27-22(30)20-11-7-4-8-12-20/h3-12,18,21H,13-17H2,1-2H3,(H,26,31)(H,27,30). The van der Waals surface area contributed by atoms with Crippen molar-refractivity contribution in [3.05, 3.63) is 71.8 Å². The van der Waals surface area contributed by atoms with Gasteiger partial charge in [-0.15, -0.1) is 0 Å². The SMILES string of the molecule is CC(C)NC(=O)C(=O)N1CCN(C(=O)C(Cc2ccccc2)NC(=O)c2ccccc2)CC1. The van der Waals surface area contributed by atoms with E-state index in [1.165, 1.54) is 4.90 Å². The summed E-state index contributed by atoms with van der Waals surface area (Å²) >= 11 is 0. The van der Waals surface area contributed by atoms with Crippen molar-refractivity contribution in [2.45, 2.75) is 32.4 Å². The number of rotatable bonds is 6. The summed E-state index contributed by atoms with van der Waals surface area (Å²) in [5.74, 6) is -1.75. The number of hydrogen-bond donors (Lipinski definition) is 2. The Hall–Kier alpha value is -3.68. The fraction of sp³-hybridized carbons (Fsp3) is 0.360. The summed E-state index contributed by atoms with van der Waals surface area (Å²) < 4.78 is 0. The lowest BCUT2D eigenvalue weighted by Crippen LogP contribution is -2.58. The van der Waals surface area contributed by atoms with Gasteiger partial charge in [-0.05, 0) is 31.5 Å². The zero-order valence-electron chi connectivity index (χ0n) is 19.0. The van der Waals surface area contributed by atoms with E-state index in [1.807, 2.05) is 36.4 Å². The van der Waals surface area contributed by atoms with Crippen molar-refractivity contribution >= 4 is 23.6 Å². The van der Waals surface area contributed by atoms with Crippen LogP contribution < -0.4 is 10.6 Å². The Morgan fingerprint density at radius 1 is 0.788 bits per heavy atom. The number of nitrogens with one attached hydrogen (secondary N) is 2. The van der Waals surface area contributed by atoms with Crippen molar-refractivity contribution in [2.75, 3.05) is 26.2 Å². The van der Waals surface area contributed by atoms with Crippen LogP contribution in [0.4, 0.5) is 0 Å². The van der Waals surface area contributed by atoms with Crippen molar-refractivity contribution in [3.8, 4) is 0 Å². The molecule has 1 saturated heterocycles. The van der Waals surface area contributed by atoms with Crippen LogP contribution in [0.1, 0.15) is 29.8 Å². The molecule has 2 aromatic rings. The minimum atomic E-state index is -0.744. The first-order valence-corrected chi connectivity index (χ1v) is 11.1. The van der Waals surface area contributed by atoms with Gasteiger partial charge in [0.15, 0.2) is 0 Å². The molecule has 2 N–H and O–H groups in total. The number of nitrogens with zero attached hydrogens (tertiary/aromatic N) is 2. The second-order valence-electron chi connectivity index (χ2n) is 8.33. The van der Waals surface area contributed by atoms with E-state index >= 15 is 0 Å². The normalized spacial score (nSPS) is 14.5. The van der Waals surface area contributed by atoms with Gasteiger partial charge in [-0.3, -0.25) is 19.2 Å².